The van der Waals surface area contributed by atoms with Crippen LogP contribution in [0.1, 0.15) is 39.5 Å². The molecule has 0 aromatic carbocycles. The lowest BCUT2D eigenvalue weighted by Crippen LogP contribution is -1.98. The summed E-state index contributed by atoms with van der Waals surface area (Å²) >= 11 is 5.85. The Bertz CT molecular complexity index is 424. The molecule has 0 aliphatic carbocycles. The number of hydrogen-bond donors (Lipinski definition) is 1. The van der Waals surface area contributed by atoms with Crippen LogP contribution in [0.4, 0.5) is 0 Å². The Balaban J connectivity index is 3.14. The van der Waals surface area contributed by atoms with Gasteiger partial charge in [0.05, 0.1) is 18.0 Å². The van der Waals surface area contributed by atoms with Crippen LogP contribution in [0.3, 0.4) is 0 Å². The molecule has 0 bridgehead atoms. The van der Waals surface area contributed by atoms with Gasteiger partial charge in [-0.05, 0) is 33.8 Å². The van der Waals surface area contributed by atoms with Gasteiger partial charge in [-0.15, -0.1) is 5.10 Å². The molecule has 0 amide bonds. The fraction of sp³-hybridized carbons (Fsp3) is 0.455. The summed E-state index contributed by atoms with van der Waals surface area (Å²) in [5.74, 6) is 0. The van der Waals surface area contributed by atoms with E-state index in [1.807, 2.05) is 19.9 Å². The SMILES string of the molecule is CC(C)=C(/C=C(\C)Cl)n1cc(C(C)O)nn1. The van der Waals surface area contributed by atoms with E-state index in [0.29, 0.717) is 10.7 Å². The molecule has 0 saturated heterocycles. The van der Waals surface area contributed by atoms with Gasteiger partial charge in [-0.1, -0.05) is 22.4 Å². The van der Waals surface area contributed by atoms with E-state index in [-0.39, 0.29) is 0 Å². The monoisotopic (exact) mass is 241 g/mol. The highest BCUT2D eigenvalue weighted by Crippen LogP contribution is 2.17. The van der Waals surface area contributed by atoms with Crippen LogP contribution in [0.2, 0.25) is 0 Å². The van der Waals surface area contributed by atoms with Crippen molar-refractivity contribution >= 4 is 17.3 Å². The number of aromatic nitrogens is 3. The molecule has 88 valence electrons. The Hall–Kier alpha value is -1.13. The number of nitrogens with zero attached hydrogens (tertiary/aromatic N) is 3. The fourth-order valence-electron chi connectivity index (χ4n) is 1.21. The van der Waals surface area contributed by atoms with Crippen LogP contribution in [0.5, 0.6) is 0 Å². The average Bonchev–Trinajstić information content (AvgIpc) is 2.61. The third-order valence-electron chi connectivity index (χ3n) is 2.03. The van der Waals surface area contributed by atoms with Crippen molar-refractivity contribution in [3.8, 4) is 0 Å². The Morgan fingerprint density at radius 1 is 1.50 bits per heavy atom. The third-order valence-corrected chi connectivity index (χ3v) is 2.14. The lowest BCUT2D eigenvalue weighted by atomic mass is 10.2. The predicted molar refractivity (Wildman–Crippen MR) is 64.8 cm³/mol. The smallest absolute Gasteiger partial charge is 0.111 e. The normalized spacial score (nSPS) is 13.8. The molecule has 0 saturated carbocycles. The lowest BCUT2D eigenvalue weighted by Gasteiger charge is -2.04. The lowest BCUT2D eigenvalue weighted by molar-refractivity contribution is 0.194. The number of aliphatic hydroxyl groups excluding tert-OH is 1. The minimum Gasteiger partial charge on any atom is -0.387 e. The maximum Gasteiger partial charge on any atom is 0.111 e. The van der Waals surface area contributed by atoms with E-state index in [1.165, 1.54) is 0 Å². The first-order chi connectivity index (χ1) is 7.41. The second-order valence-corrected chi connectivity index (χ2v) is 4.48. The molecule has 4 nitrogen and oxygen atoms in total. The first-order valence-corrected chi connectivity index (χ1v) is 5.41. The topological polar surface area (TPSA) is 50.9 Å². The summed E-state index contributed by atoms with van der Waals surface area (Å²) in [5.41, 5.74) is 2.48. The molecule has 0 aliphatic rings. The van der Waals surface area contributed by atoms with Gasteiger partial charge in [0.25, 0.3) is 0 Å². The van der Waals surface area contributed by atoms with Crippen LogP contribution in [0.25, 0.3) is 5.70 Å². The summed E-state index contributed by atoms with van der Waals surface area (Å²) in [6, 6.07) is 0. The molecule has 5 heteroatoms. The van der Waals surface area contributed by atoms with Gasteiger partial charge in [-0.3, -0.25) is 0 Å². The van der Waals surface area contributed by atoms with Gasteiger partial charge in [0.2, 0.25) is 0 Å². The molecule has 0 aliphatic heterocycles. The van der Waals surface area contributed by atoms with Crippen molar-refractivity contribution in [2.45, 2.75) is 33.8 Å². The van der Waals surface area contributed by atoms with Crippen LogP contribution in [-0.2, 0) is 0 Å². The molecular formula is C11H16ClN3O. The number of allylic oxidation sites excluding steroid dienone is 4. The Kier molecular flexibility index (Phi) is 4.26. The molecule has 0 spiro atoms. The van der Waals surface area contributed by atoms with E-state index in [0.717, 1.165) is 11.3 Å². The third kappa shape index (κ3) is 3.18. The zero-order valence-electron chi connectivity index (χ0n) is 9.90. The molecule has 1 heterocycles. The molecule has 0 radical (unpaired) electrons. The van der Waals surface area contributed by atoms with Crippen molar-refractivity contribution in [3.63, 3.8) is 0 Å². The van der Waals surface area contributed by atoms with E-state index in [1.54, 1.807) is 24.7 Å². The second kappa shape index (κ2) is 5.27. The Morgan fingerprint density at radius 2 is 2.12 bits per heavy atom. The molecule has 1 atom stereocenters. The highest BCUT2D eigenvalue weighted by Gasteiger charge is 2.08. The van der Waals surface area contributed by atoms with Crippen molar-refractivity contribution in [2.24, 2.45) is 0 Å². The Morgan fingerprint density at radius 3 is 2.50 bits per heavy atom. The van der Waals surface area contributed by atoms with Crippen LogP contribution in [0, 0.1) is 0 Å². The molecule has 0 fully saturated rings. The molecule has 16 heavy (non-hydrogen) atoms. The van der Waals surface area contributed by atoms with Gasteiger partial charge >= 0.3 is 0 Å². The average molecular weight is 242 g/mol. The van der Waals surface area contributed by atoms with E-state index < -0.39 is 6.10 Å². The highest BCUT2D eigenvalue weighted by molar-refractivity contribution is 6.29. The summed E-state index contributed by atoms with van der Waals surface area (Å²) < 4.78 is 1.61. The number of aliphatic hydroxyl groups is 1. The van der Waals surface area contributed by atoms with Crippen molar-refractivity contribution in [1.29, 1.82) is 0 Å². The first-order valence-electron chi connectivity index (χ1n) is 5.03. The van der Waals surface area contributed by atoms with Crippen LogP contribution >= 0.6 is 11.6 Å². The first kappa shape index (κ1) is 12.9. The standard InChI is InChI=1S/C11H16ClN3O/c1-7(2)11(5-8(3)12)15-6-10(9(4)16)13-14-15/h5-6,9,16H,1-4H3/b8-5+. The molecule has 1 aromatic rings. The highest BCUT2D eigenvalue weighted by atomic mass is 35.5. The predicted octanol–water partition coefficient (Wildman–Crippen LogP) is 2.72. The van der Waals surface area contributed by atoms with Crippen molar-refractivity contribution in [1.82, 2.24) is 15.0 Å². The zero-order chi connectivity index (χ0) is 12.3. The van der Waals surface area contributed by atoms with Gasteiger partial charge in [-0.25, -0.2) is 4.68 Å². The van der Waals surface area contributed by atoms with E-state index >= 15 is 0 Å². The summed E-state index contributed by atoms with van der Waals surface area (Å²) in [7, 11) is 0. The van der Waals surface area contributed by atoms with Gasteiger partial charge < -0.3 is 5.11 Å². The minimum absolute atomic E-state index is 0.541. The van der Waals surface area contributed by atoms with Gasteiger partial charge in [0.1, 0.15) is 5.69 Å². The Labute approximate surface area is 100 Å². The minimum atomic E-state index is -0.617. The van der Waals surface area contributed by atoms with Crippen molar-refractivity contribution < 1.29 is 5.11 Å². The van der Waals surface area contributed by atoms with E-state index in [4.69, 9.17) is 11.6 Å². The number of rotatable bonds is 3. The molecule has 1 N–H and O–H groups in total. The van der Waals surface area contributed by atoms with Gasteiger partial charge in [-0.2, -0.15) is 0 Å². The van der Waals surface area contributed by atoms with Crippen LogP contribution in [0.15, 0.2) is 22.9 Å². The van der Waals surface area contributed by atoms with Gasteiger partial charge in [0, 0.05) is 5.03 Å². The molecule has 1 rings (SSSR count). The van der Waals surface area contributed by atoms with Crippen LogP contribution in [-0.4, -0.2) is 20.1 Å². The molecular weight excluding hydrogens is 226 g/mol. The fourth-order valence-corrected chi connectivity index (χ4v) is 1.32. The van der Waals surface area contributed by atoms with E-state index in [9.17, 15) is 5.11 Å². The van der Waals surface area contributed by atoms with Crippen molar-refractivity contribution in [2.75, 3.05) is 0 Å². The summed E-state index contributed by atoms with van der Waals surface area (Å²) in [6.45, 7) is 7.39. The zero-order valence-corrected chi connectivity index (χ0v) is 10.7. The maximum atomic E-state index is 9.37. The second-order valence-electron chi connectivity index (χ2n) is 3.88. The summed E-state index contributed by atoms with van der Waals surface area (Å²) in [5, 5.41) is 17.9. The molecule has 1 unspecified atom stereocenters. The largest absolute Gasteiger partial charge is 0.387 e. The molecule has 1 aromatic heterocycles. The maximum absolute atomic E-state index is 9.37. The number of halogens is 1. The summed E-state index contributed by atoms with van der Waals surface area (Å²) in [4.78, 5) is 0. The van der Waals surface area contributed by atoms with Gasteiger partial charge in [0.15, 0.2) is 0 Å². The van der Waals surface area contributed by atoms with Crippen LogP contribution < -0.4 is 0 Å². The van der Waals surface area contributed by atoms with Crippen molar-refractivity contribution in [3.05, 3.63) is 28.6 Å². The quantitative estimate of drug-likeness (QED) is 0.828. The number of hydrogen-bond acceptors (Lipinski definition) is 3. The van der Waals surface area contributed by atoms with E-state index in [2.05, 4.69) is 10.3 Å². The summed E-state index contributed by atoms with van der Waals surface area (Å²) in [6.07, 6.45) is 2.90.